The van der Waals surface area contributed by atoms with Crippen LogP contribution in [-0.4, -0.2) is 19.7 Å². The number of nitrogens with two attached hydrogens (primary N) is 1. The van der Waals surface area contributed by atoms with E-state index in [1.165, 1.54) is 0 Å². The van der Waals surface area contributed by atoms with Gasteiger partial charge in [0.15, 0.2) is 5.89 Å². The molecule has 6 heteroatoms. The van der Waals surface area contributed by atoms with Crippen molar-refractivity contribution in [2.45, 2.75) is 13.8 Å². The molecular formula is C11H11N5O. The molecule has 3 aromatic heterocycles. The molecule has 2 N–H and O–H groups in total. The van der Waals surface area contributed by atoms with Gasteiger partial charge in [0.25, 0.3) is 0 Å². The number of nitrogen functional groups attached to an aromatic ring is 1. The van der Waals surface area contributed by atoms with Gasteiger partial charge in [-0.3, -0.25) is 4.98 Å². The fraction of sp³-hybridized carbons (Fsp3) is 0.182. The molecule has 0 amide bonds. The number of pyridine rings is 1. The van der Waals surface area contributed by atoms with E-state index in [1.54, 1.807) is 30.1 Å². The Morgan fingerprint density at radius 2 is 2.06 bits per heavy atom. The molecule has 0 aliphatic rings. The van der Waals surface area contributed by atoms with Crippen LogP contribution in [0.25, 0.3) is 16.9 Å². The summed E-state index contributed by atoms with van der Waals surface area (Å²) in [5, 5.41) is 4.39. The summed E-state index contributed by atoms with van der Waals surface area (Å²) in [6.07, 6.45) is 3.30. The fourth-order valence-corrected chi connectivity index (χ4v) is 1.78. The second kappa shape index (κ2) is 3.31. The van der Waals surface area contributed by atoms with Gasteiger partial charge in [0, 0.05) is 13.1 Å². The summed E-state index contributed by atoms with van der Waals surface area (Å²) in [6.45, 7) is 3.70. The minimum absolute atomic E-state index is 0.567. The van der Waals surface area contributed by atoms with E-state index < -0.39 is 0 Å². The van der Waals surface area contributed by atoms with Crippen LogP contribution in [0.15, 0.2) is 22.9 Å². The van der Waals surface area contributed by atoms with E-state index in [1.807, 2.05) is 6.92 Å². The van der Waals surface area contributed by atoms with Crippen LogP contribution in [-0.2, 0) is 0 Å². The number of aromatic nitrogens is 4. The summed E-state index contributed by atoms with van der Waals surface area (Å²) in [7, 11) is 0. The summed E-state index contributed by atoms with van der Waals surface area (Å²) in [4.78, 5) is 8.32. The van der Waals surface area contributed by atoms with Crippen molar-refractivity contribution in [3.63, 3.8) is 0 Å². The molecule has 0 saturated heterocycles. The molecular weight excluding hydrogens is 218 g/mol. The molecule has 3 heterocycles. The molecule has 86 valence electrons. The maximum atomic E-state index is 5.86. The van der Waals surface area contributed by atoms with E-state index in [2.05, 4.69) is 15.1 Å². The topological polar surface area (TPSA) is 82.8 Å². The second-order valence-corrected chi connectivity index (χ2v) is 3.81. The maximum absolute atomic E-state index is 5.86. The molecule has 0 aliphatic heterocycles. The number of aryl methyl sites for hydroxylation is 2. The number of hydrogen-bond acceptors (Lipinski definition) is 5. The van der Waals surface area contributed by atoms with Gasteiger partial charge in [-0.25, -0.2) is 9.67 Å². The zero-order valence-corrected chi connectivity index (χ0v) is 9.51. The van der Waals surface area contributed by atoms with Crippen LogP contribution in [0.1, 0.15) is 11.6 Å². The molecule has 0 aromatic carbocycles. The Kier molecular flexibility index (Phi) is 1.91. The minimum Gasteiger partial charge on any atom is -0.423 e. The van der Waals surface area contributed by atoms with Crippen LogP contribution in [0.3, 0.4) is 0 Å². The maximum Gasteiger partial charge on any atom is 0.240 e. The first kappa shape index (κ1) is 9.83. The van der Waals surface area contributed by atoms with Crippen molar-refractivity contribution in [2.24, 2.45) is 0 Å². The third-order valence-electron chi connectivity index (χ3n) is 2.63. The van der Waals surface area contributed by atoms with Gasteiger partial charge in [0.1, 0.15) is 11.0 Å². The van der Waals surface area contributed by atoms with E-state index in [-0.39, 0.29) is 0 Å². The highest BCUT2D eigenvalue weighted by Gasteiger charge is 2.14. The Balaban J connectivity index is 2.31. The lowest BCUT2D eigenvalue weighted by Gasteiger charge is -1.96. The summed E-state index contributed by atoms with van der Waals surface area (Å²) >= 11 is 0. The van der Waals surface area contributed by atoms with Gasteiger partial charge in [-0.05, 0) is 13.0 Å². The number of nitrogens with zero attached hydrogens (tertiary/aromatic N) is 4. The van der Waals surface area contributed by atoms with E-state index in [0.717, 1.165) is 11.2 Å². The SMILES string of the molecule is Cc1ncc(-n2nc3c(N)ccnc3c2C)o1. The average molecular weight is 229 g/mol. The lowest BCUT2D eigenvalue weighted by Crippen LogP contribution is -1.96. The van der Waals surface area contributed by atoms with Crippen LogP contribution >= 0.6 is 0 Å². The third-order valence-corrected chi connectivity index (χ3v) is 2.63. The molecule has 0 spiro atoms. The molecule has 6 nitrogen and oxygen atoms in total. The number of rotatable bonds is 1. The fourth-order valence-electron chi connectivity index (χ4n) is 1.78. The van der Waals surface area contributed by atoms with Gasteiger partial charge in [-0.15, -0.1) is 0 Å². The Morgan fingerprint density at radius 1 is 1.24 bits per heavy atom. The normalized spacial score (nSPS) is 11.2. The summed E-state index contributed by atoms with van der Waals surface area (Å²) in [5.41, 5.74) is 8.80. The molecule has 0 unspecified atom stereocenters. The van der Waals surface area contributed by atoms with Crippen molar-refractivity contribution < 1.29 is 4.42 Å². The average Bonchev–Trinajstić information content (AvgIpc) is 2.85. The Labute approximate surface area is 97.1 Å². The van der Waals surface area contributed by atoms with Crippen LogP contribution in [0, 0.1) is 13.8 Å². The Morgan fingerprint density at radius 3 is 2.71 bits per heavy atom. The van der Waals surface area contributed by atoms with Gasteiger partial charge in [-0.1, -0.05) is 0 Å². The molecule has 0 atom stereocenters. The highest BCUT2D eigenvalue weighted by Crippen LogP contribution is 2.23. The van der Waals surface area contributed by atoms with Crippen molar-refractivity contribution in [3.8, 4) is 5.88 Å². The second-order valence-electron chi connectivity index (χ2n) is 3.81. The minimum atomic E-state index is 0.567. The van der Waals surface area contributed by atoms with Crippen molar-refractivity contribution in [2.75, 3.05) is 5.73 Å². The summed E-state index contributed by atoms with van der Waals surface area (Å²) < 4.78 is 7.10. The van der Waals surface area contributed by atoms with Crippen LogP contribution in [0.4, 0.5) is 5.69 Å². The van der Waals surface area contributed by atoms with E-state index in [4.69, 9.17) is 10.2 Å². The number of hydrogen-bond donors (Lipinski definition) is 1. The molecule has 0 fully saturated rings. The van der Waals surface area contributed by atoms with E-state index in [9.17, 15) is 0 Å². The largest absolute Gasteiger partial charge is 0.423 e. The van der Waals surface area contributed by atoms with Crippen molar-refractivity contribution >= 4 is 16.7 Å². The standard InChI is InChI=1S/C11H11N5O/c1-6-10-11(8(12)3-4-13-10)15-16(6)9-5-14-7(2)17-9/h3-5H,12H2,1-2H3. The van der Waals surface area contributed by atoms with Gasteiger partial charge in [0.05, 0.1) is 17.6 Å². The first-order chi connectivity index (χ1) is 8.16. The molecule has 0 bridgehead atoms. The van der Waals surface area contributed by atoms with Crippen LogP contribution in [0.2, 0.25) is 0 Å². The Hall–Kier alpha value is -2.37. The monoisotopic (exact) mass is 229 g/mol. The number of fused-ring (bicyclic) bond motifs is 1. The van der Waals surface area contributed by atoms with E-state index >= 15 is 0 Å². The van der Waals surface area contributed by atoms with Crippen molar-refractivity contribution in [3.05, 3.63) is 30.0 Å². The molecule has 3 rings (SSSR count). The lowest BCUT2D eigenvalue weighted by atomic mass is 10.3. The zero-order valence-electron chi connectivity index (χ0n) is 9.51. The first-order valence-electron chi connectivity index (χ1n) is 5.19. The predicted octanol–water partition coefficient (Wildman–Crippen LogP) is 1.61. The summed E-state index contributed by atoms with van der Waals surface area (Å²) in [6, 6.07) is 1.73. The molecule has 0 saturated carbocycles. The van der Waals surface area contributed by atoms with Crippen LogP contribution in [0.5, 0.6) is 0 Å². The van der Waals surface area contributed by atoms with Gasteiger partial charge in [0.2, 0.25) is 5.88 Å². The quantitative estimate of drug-likeness (QED) is 0.685. The predicted molar refractivity (Wildman–Crippen MR) is 62.8 cm³/mol. The van der Waals surface area contributed by atoms with Gasteiger partial charge in [-0.2, -0.15) is 5.10 Å². The highest BCUT2D eigenvalue weighted by molar-refractivity contribution is 5.87. The molecule has 3 aromatic rings. The first-order valence-corrected chi connectivity index (χ1v) is 5.19. The zero-order chi connectivity index (χ0) is 12.0. The van der Waals surface area contributed by atoms with Crippen molar-refractivity contribution in [1.82, 2.24) is 19.7 Å². The van der Waals surface area contributed by atoms with Crippen molar-refractivity contribution in [1.29, 1.82) is 0 Å². The smallest absolute Gasteiger partial charge is 0.240 e. The lowest BCUT2D eigenvalue weighted by molar-refractivity contribution is 0.486. The van der Waals surface area contributed by atoms with Gasteiger partial charge >= 0.3 is 0 Å². The molecule has 0 radical (unpaired) electrons. The highest BCUT2D eigenvalue weighted by atomic mass is 16.4. The molecule has 17 heavy (non-hydrogen) atoms. The summed E-state index contributed by atoms with van der Waals surface area (Å²) in [5.74, 6) is 1.16. The van der Waals surface area contributed by atoms with Gasteiger partial charge < -0.3 is 10.2 Å². The number of anilines is 1. The van der Waals surface area contributed by atoms with E-state index in [0.29, 0.717) is 23.0 Å². The Bertz CT molecular complexity index is 697. The number of oxazole rings is 1. The third kappa shape index (κ3) is 1.37. The molecule has 0 aliphatic carbocycles. The van der Waals surface area contributed by atoms with Crippen LogP contribution < -0.4 is 5.73 Å².